The van der Waals surface area contributed by atoms with Crippen molar-refractivity contribution >= 4 is 0 Å². The molecule has 1 N–H and O–H groups in total. The van der Waals surface area contributed by atoms with E-state index in [0.29, 0.717) is 0 Å². The SMILES string of the molecule is O=c1nccc[nH]1.[H-].[K+]. The number of hydrogen-bond acceptors (Lipinski definition) is 2. The second-order valence-electron chi connectivity index (χ2n) is 1.09. The molecule has 0 bridgehead atoms. The van der Waals surface area contributed by atoms with Crippen molar-refractivity contribution in [2.45, 2.75) is 0 Å². The Morgan fingerprint density at radius 1 is 1.75 bits per heavy atom. The second kappa shape index (κ2) is 4.40. The molecule has 0 saturated heterocycles. The van der Waals surface area contributed by atoms with Gasteiger partial charge in [0, 0.05) is 12.4 Å². The van der Waals surface area contributed by atoms with Gasteiger partial charge in [0.2, 0.25) is 0 Å². The second-order valence-corrected chi connectivity index (χ2v) is 1.09. The summed E-state index contributed by atoms with van der Waals surface area (Å²) in [7, 11) is 0. The maximum atomic E-state index is 10.1. The number of hydrogen-bond donors (Lipinski definition) is 1. The van der Waals surface area contributed by atoms with Gasteiger partial charge in [0.1, 0.15) is 0 Å². The molecule has 0 unspecified atom stereocenters. The van der Waals surface area contributed by atoms with E-state index in [9.17, 15) is 4.79 Å². The molecule has 1 aromatic rings. The van der Waals surface area contributed by atoms with Crippen LogP contribution in [0.25, 0.3) is 0 Å². The Morgan fingerprint density at radius 3 is 2.75 bits per heavy atom. The van der Waals surface area contributed by atoms with Gasteiger partial charge in [0.25, 0.3) is 0 Å². The average molecular weight is 136 g/mol. The smallest absolute Gasteiger partial charge is 1.00 e. The van der Waals surface area contributed by atoms with Gasteiger partial charge in [0.15, 0.2) is 0 Å². The summed E-state index contributed by atoms with van der Waals surface area (Å²) in [5.41, 5.74) is -0.303. The summed E-state index contributed by atoms with van der Waals surface area (Å²) in [5, 5.41) is 0. The average Bonchev–Trinajstić information content (AvgIpc) is 1.69. The van der Waals surface area contributed by atoms with Crippen LogP contribution in [0.15, 0.2) is 23.3 Å². The molecule has 0 aliphatic rings. The van der Waals surface area contributed by atoms with E-state index in [-0.39, 0.29) is 58.5 Å². The van der Waals surface area contributed by atoms with E-state index < -0.39 is 0 Å². The first kappa shape index (κ1) is 8.52. The van der Waals surface area contributed by atoms with Gasteiger partial charge in [-0.2, -0.15) is 0 Å². The minimum atomic E-state index is -0.303. The number of H-pyrrole nitrogens is 1. The van der Waals surface area contributed by atoms with Gasteiger partial charge < -0.3 is 6.41 Å². The first-order valence-electron chi connectivity index (χ1n) is 1.89. The van der Waals surface area contributed by atoms with E-state index in [1.54, 1.807) is 6.07 Å². The third kappa shape index (κ3) is 2.73. The third-order valence-corrected chi connectivity index (χ3v) is 0.581. The van der Waals surface area contributed by atoms with Gasteiger partial charge in [-0.1, -0.05) is 0 Å². The summed E-state index contributed by atoms with van der Waals surface area (Å²) in [6.07, 6.45) is 2.98. The van der Waals surface area contributed by atoms with E-state index in [4.69, 9.17) is 0 Å². The van der Waals surface area contributed by atoms with Gasteiger partial charge in [-0.15, -0.1) is 0 Å². The Hall–Kier alpha value is 0.516. The van der Waals surface area contributed by atoms with E-state index in [1.165, 1.54) is 12.4 Å². The predicted molar refractivity (Wildman–Crippen MR) is 26.0 cm³/mol. The van der Waals surface area contributed by atoms with Crippen molar-refractivity contribution in [1.82, 2.24) is 9.97 Å². The number of rotatable bonds is 0. The van der Waals surface area contributed by atoms with Gasteiger partial charge >= 0.3 is 57.1 Å². The number of nitrogens with one attached hydrogen (secondary N) is 1. The molecule has 0 radical (unpaired) electrons. The van der Waals surface area contributed by atoms with E-state index in [0.717, 1.165) is 0 Å². The van der Waals surface area contributed by atoms with E-state index in [1.807, 2.05) is 0 Å². The molecule has 1 rings (SSSR count). The molecule has 0 aliphatic carbocycles. The molecular weight excluding hydrogens is 131 g/mol. The first-order valence-corrected chi connectivity index (χ1v) is 1.89. The van der Waals surface area contributed by atoms with Crippen molar-refractivity contribution < 1.29 is 52.8 Å². The van der Waals surface area contributed by atoms with Crippen LogP contribution >= 0.6 is 0 Å². The molecule has 1 aromatic heterocycles. The zero-order valence-corrected chi connectivity index (χ0v) is 7.71. The quantitative estimate of drug-likeness (QED) is 0.384. The fraction of sp³-hybridized carbons (Fsp3) is 0. The summed E-state index contributed by atoms with van der Waals surface area (Å²) in [4.78, 5) is 15.8. The summed E-state index contributed by atoms with van der Waals surface area (Å²) in [6.45, 7) is 0. The standard InChI is InChI=1S/C4H4N2O.K.H/c7-4-5-2-1-3-6-4;;/h1-3H,(H,5,6,7);;/q;+1;-1. The molecule has 3 nitrogen and oxygen atoms in total. The molecule has 8 heavy (non-hydrogen) atoms. The van der Waals surface area contributed by atoms with Crippen molar-refractivity contribution in [2.24, 2.45) is 0 Å². The molecule has 0 fully saturated rings. The van der Waals surface area contributed by atoms with E-state index in [2.05, 4.69) is 9.97 Å². The van der Waals surface area contributed by atoms with Crippen LogP contribution in [0.2, 0.25) is 0 Å². The van der Waals surface area contributed by atoms with Crippen LogP contribution in [0.5, 0.6) is 0 Å². The Labute approximate surface area is 90.4 Å². The van der Waals surface area contributed by atoms with Crippen LogP contribution in [0.4, 0.5) is 0 Å². The van der Waals surface area contributed by atoms with E-state index >= 15 is 0 Å². The van der Waals surface area contributed by atoms with Crippen LogP contribution in [0.1, 0.15) is 1.43 Å². The Kier molecular flexibility index (Phi) is 4.68. The van der Waals surface area contributed by atoms with Crippen molar-refractivity contribution in [3.8, 4) is 0 Å². The van der Waals surface area contributed by atoms with Crippen LogP contribution < -0.4 is 57.1 Å². The maximum absolute atomic E-state index is 10.1. The molecule has 0 saturated carbocycles. The largest absolute Gasteiger partial charge is 1.00 e. The fourth-order valence-electron chi connectivity index (χ4n) is 0.310. The molecule has 0 amide bonds. The summed E-state index contributed by atoms with van der Waals surface area (Å²) in [6, 6.07) is 1.65. The number of aromatic nitrogens is 2. The van der Waals surface area contributed by atoms with Crippen LogP contribution in [0, 0.1) is 0 Å². The zero-order chi connectivity index (χ0) is 5.11. The van der Waals surface area contributed by atoms with Crippen molar-refractivity contribution in [3.63, 3.8) is 0 Å². The first-order chi connectivity index (χ1) is 3.39. The fourth-order valence-corrected chi connectivity index (χ4v) is 0.310. The summed E-state index contributed by atoms with van der Waals surface area (Å²) >= 11 is 0. The zero-order valence-electron chi connectivity index (χ0n) is 5.59. The van der Waals surface area contributed by atoms with Crippen molar-refractivity contribution in [1.29, 1.82) is 0 Å². The monoisotopic (exact) mass is 136 g/mol. The molecule has 0 aliphatic heterocycles. The van der Waals surface area contributed by atoms with Gasteiger partial charge in [-0.3, -0.25) is 0 Å². The number of aromatic amines is 1. The molecule has 0 aromatic carbocycles. The van der Waals surface area contributed by atoms with Gasteiger partial charge in [0.05, 0.1) is 0 Å². The van der Waals surface area contributed by atoms with Crippen LogP contribution in [0.3, 0.4) is 0 Å². The van der Waals surface area contributed by atoms with Crippen molar-refractivity contribution in [3.05, 3.63) is 28.9 Å². The molecular formula is C4H5KN2O. The minimum absolute atomic E-state index is 0. The summed E-state index contributed by atoms with van der Waals surface area (Å²) < 4.78 is 0. The van der Waals surface area contributed by atoms with Crippen LogP contribution in [-0.2, 0) is 0 Å². The molecule has 38 valence electrons. The Balaban J connectivity index is 0. The molecule has 0 atom stereocenters. The predicted octanol–water partition coefficient (Wildman–Crippen LogP) is -3.11. The Bertz CT molecular complexity index is 184. The molecule has 1 heterocycles. The Morgan fingerprint density at radius 2 is 2.50 bits per heavy atom. The normalized spacial score (nSPS) is 7.50. The third-order valence-electron chi connectivity index (χ3n) is 0.581. The maximum Gasteiger partial charge on any atom is 1.00 e. The summed E-state index contributed by atoms with van der Waals surface area (Å²) in [5.74, 6) is 0. The topological polar surface area (TPSA) is 45.8 Å². The molecule has 4 heteroatoms. The minimum Gasteiger partial charge on any atom is -1.00 e. The molecule has 0 spiro atoms. The van der Waals surface area contributed by atoms with Crippen LogP contribution in [-0.4, -0.2) is 9.97 Å². The van der Waals surface area contributed by atoms with Crippen molar-refractivity contribution in [2.75, 3.05) is 0 Å². The van der Waals surface area contributed by atoms with Gasteiger partial charge in [-0.05, 0) is 6.07 Å². The van der Waals surface area contributed by atoms with Gasteiger partial charge in [-0.25, -0.2) is 9.78 Å². The number of nitrogens with zero attached hydrogens (tertiary/aromatic N) is 1.